The first-order valence-corrected chi connectivity index (χ1v) is 7.92. The van der Waals surface area contributed by atoms with Crippen molar-refractivity contribution in [3.63, 3.8) is 0 Å². The molecule has 1 aliphatic heterocycles. The molecule has 1 saturated heterocycles. The largest absolute Gasteiger partial charge is 0.348 e. The molecule has 1 aromatic rings. The Balaban J connectivity index is 1.59. The summed E-state index contributed by atoms with van der Waals surface area (Å²) in [4.78, 5) is 14.5. The van der Waals surface area contributed by atoms with E-state index < -0.39 is 0 Å². The molecule has 1 heterocycles. The second kappa shape index (κ2) is 6.40. The van der Waals surface area contributed by atoms with E-state index in [-0.39, 0.29) is 11.9 Å². The van der Waals surface area contributed by atoms with Crippen molar-refractivity contribution in [2.75, 3.05) is 19.6 Å². The second-order valence-electron chi connectivity index (χ2n) is 6.05. The lowest BCUT2D eigenvalue weighted by Gasteiger charge is -2.29. The van der Waals surface area contributed by atoms with Gasteiger partial charge >= 0.3 is 0 Å². The highest BCUT2D eigenvalue weighted by atomic mass is 16.2. The Morgan fingerprint density at radius 1 is 1.15 bits per heavy atom. The van der Waals surface area contributed by atoms with Gasteiger partial charge in [0.2, 0.25) is 5.91 Å². The standard InChI is InChI=1S/C17H24N2O/c20-17(13-19-11-4-1-5-12-19)18-16-10-6-8-14-7-2-3-9-15(14)16/h2-3,7,9,16H,1,4-6,8,10-13H2,(H,18,20)/t16-/m0/s1. The molecule has 108 valence electrons. The third kappa shape index (κ3) is 3.21. The molecule has 2 aliphatic rings. The Labute approximate surface area is 121 Å². The second-order valence-corrected chi connectivity index (χ2v) is 6.05. The fraction of sp³-hybridized carbons (Fsp3) is 0.588. The Morgan fingerprint density at radius 2 is 1.95 bits per heavy atom. The lowest BCUT2D eigenvalue weighted by Crippen LogP contribution is -2.41. The van der Waals surface area contributed by atoms with Gasteiger partial charge in [-0.2, -0.15) is 0 Å². The van der Waals surface area contributed by atoms with Gasteiger partial charge in [-0.25, -0.2) is 0 Å². The predicted molar refractivity (Wildman–Crippen MR) is 80.6 cm³/mol. The van der Waals surface area contributed by atoms with Crippen LogP contribution in [0.25, 0.3) is 0 Å². The number of likely N-dealkylation sites (tertiary alicyclic amines) is 1. The van der Waals surface area contributed by atoms with Gasteiger partial charge in [-0.3, -0.25) is 9.69 Å². The minimum atomic E-state index is 0.189. The SMILES string of the molecule is O=C(CN1CCCCC1)N[C@H]1CCCc2ccccc21. The van der Waals surface area contributed by atoms with Crippen molar-refractivity contribution in [1.29, 1.82) is 0 Å². The van der Waals surface area contributed by atoms with Crippen LogP contribution in [0.2, 0.25) is 0 Å². The van der Waals surface area contributed by atoms with Crippen LogP contribution in [-0.4, -0.2) is 30.4 Å². The molecule has 1 aliphatic carbocycles. The van der Waals surface area contributed by atoms with Gasteiger partial charge in [-0.05, 0) is 56.3 Å². The van der Waals surface area contributed by atoms with Crippen LogP contribution in [0, 0.1) is 0 Å². The lowest BCUT2D eigenvalue weighted by atomic mass is 9.88. The van der Waals surface area contributed by atoms with Crippen molar-refractivity contribution in [1.82, 2.24) is 10.2 Å². The van der Waals surface area contributed by atoms with Gasteiger partial charge in [0, 0.05) is 0 Å². The number of nitrogens with zero attached hydrogens (tertiary/aromatic N) is 1. The summed E-state index contributed by atoms with van der Waals surface area (Å²) in [6.07, 6.45) is 7.18. The first-order chi connectivity index (χ1) is 9.83. The Bertz CT molecular complexity index is 466. The molecule has 1 N–H and O–H groups in total. The molecular weight excluding hydrogens is 248 g/mol. The molecule has 0 bridgehead atoms. The van der Waals surface area contributed by atoms with Crippen molar-refractivity contribution in [3.05, 3.63) is 35.4 Å². The van der Waals surface area contributed by atoms with Crippen LogP contribution in [0.15, 0.2) is 24.3 Å². The van der Waals surface area contributed by atoms with Crippen LogP contribution in [0.4, 0.5) is 0 Å². The van der Waals surface area contributed by atoms with E-state index >= 15 is 0 Å². The summed E-state index contributed by atoms with van der Waals surface area (Å²) in [5.74, 6) is 0.189. The van der Waals surface area contributed by atoms with E-state index in [1.165, 1.54) is 36.8 Å². The van der Waals surface area contributed by atoms with E-state index in [1.807, 2.05) is 0 Å². The summed E-state index contributed by atoms with van der Waals surface area (Å²) in [7, 11) is 0. The van der Waals surface area contributed by atoms with E-state index in [9.17, 15) is 4.79 Å². The maximum Gasteiger partial charge on any atom is 0.234 e. The topological polar surface area (TPSA) is 32.3 Å². The van der Waals surface area contributed by atoms with Crippen molar-refractivity contribution < 1.29 is 4.79 Å². The summed E-state index contributed by atoms with van der Waals surface area (Å²) < 4.78 is 0. The van der Waals surface area contributed by atoms with E-state index in [0.29, 0.717) is 6.54 Å². The average Bonchev–Trinajstić information content (AvgIpc) is 2.48. The number of amides is 1. The monoisotopic (exact) mass is 272 g/mol. The molecule has 3 heteroatoms. The van der Waals surface area contributed by atoms with Crippen LogP contribution < -0.4 is 5.32 Å². The van der Waals surface area contributed by atoms with Gasteiger partial charge in [0.25, 0.3) is 0 Å². The number of rotatable bonds is 3. The highest BCUT2D eigenvalue weighted by Gasteiger charge is 2.22. The highest BCUT2D eigenvalue weighted by Crippen LogP contribution is 2.29. The number of fused-ring (bicyclic) bond motifs is 1. The minimum Gasteiger partial charge on any atom is -0.348 e. The van der Waals surface area contributed by atoms with Gasteiger partial charge in [0.1, 0.15) is 0 Å². The summed E-state index contributed by atoms with van der Waals surface area (Å²) in [6.45, 7) is 2.72. The van der Waals surface area contributed by atoms with E-state index in [0.717, 1.165) is 25.9 Å². The molecule has 1 atom stereocenters. The van der Waals surface area contributed by atoms with Gasteiger partial charge in [-0.1, -0.05) is 30.7 Å². The molecule has 20 heavy (non-hydrogen) atoms. The highest BCUT2D eigenvalue weighted by molar-refractivity contribution is 5.78. The van der Waals surface area contributed by atoms with Crippen molar-refractivity contribution in [2.45, 2.75) is 44.6 Å². The van der Waals surface area contributed by atoms with E-state index in [2.05, 4.69) is 34.5 Å². The molecule has 1 aromatic carbocycles. The molecule has 3 nitrogen and oxygen atoms in total. The van der Waals surface area contributed by atoms with Gasteiger partial charge in [-0.15, -0.1) is 0 Å². The third-order valence-electron chi connectivity index (χ3n) is 4.52. The van der Waals surface area contributed by atoms with Gasteiger partial charge in [0.15, 0.2) is 0 Å². The number of nitrogens with one attached hydrogen (secondary N) is 1. The van der Waals surface area contributed by atoms with Gasteiger partial charge in [0.05, 0.1) is 12.6 Å². The van der Waals surface area contributed by atoms with E-state index in [1.54, 1.807) is 0 Å². The predicted octanol–water partition coefficient (Wildman–Crippen LogP) is 2.67. The Hall–Kier alpha value is -1.35. The molecule has 1 amide bonds. The van der Waals surface area contributed by atoms with Crippen LogP contribution in [-0.2, 0) is 11.2 Å². The molecule has 1 fully saturated rings. The number of aryl methyl sites for hydroxylation is 1. The Kier molecular flexibility index (Phi) is 4.36. The molecule has 0 spiro atoms. The number of hydrogen-bond donors (Lipinski definition) is 1. The van der Waals surface area contributed by atoms with Crippen molar-refractivity contribution in [2.24, 2.45) is 0 Å². The molecular formula is C17H24N2O. The zero-order valence-electron chi connectivity index (χ0n) is 12.1. The number of piperidine rings is 1. The fourth-order valence-electron chi connectivity index (χ4n) is 3.46. The Morgan fingerprint density at radius 3 is 2.80 bits per heavy atom. The van der Waals surface area contributed by atoms with Gasteiger partial charge < -0.3 is 5.32 Å². The number of benzene rings is 1. The molecule has 0 unspecified atom stereocenters. The number of hydrogen-bond acceptors (Lipinski definition) is 2. The normalized spacial score (nSPS) is 23.1. The van der Waals surface area contributed by atoms with Crippen molar-refractivity contribution >= 4 is 5.91 Å². The summed E-state index contributed by atoms with van der Waals surface area (Å²) in [5, 5.41) is 3.24. The van der Waals surface area contributed by atoms with Crippen LogP contribution in [0.1, 0.15) is 49.3 Å². The first-order valence-electron chi connectivity index (χ1n) is 7.92. The maximum absolute atomic E-state index is 12.2. The average molecular weight is 272 g/mol. The van der Waals surface area contributed by atoms with E-state index in [4.69, 9.17) is 0 Å². The fourth-order valence-corrected chi connectivity index (χ4v) is 3.46. The molecule has 3 rings (SSSR count). The number of carbonyl (C=O) groups is 1. The molecule has 0 aromatic heterocycles. The quantitative estimate of drug-likeness (QED) is 0.917. The van der Waals surface area contributed by atoms with Crippen LogP contribution >= 0.6 is 0 Å². The van der Waals surface area contributed by atoms with Crippen LogP contribution in [0.3, 0.4) is 0 Å². The molecule has 0 radical (unpaired) electrons. The maximum atomic E-state index is 12.2. The summed E-state index contributed by atoms with van der Waals surface area (Å²) in [5.41, 5.74) is 2.73. The number of carbonyl (C=O) groups excluding carboxylic acids is 1. The third-order valence-corrected chi connectivity index (χ3v) is 4.52. The van der Waals surface area contributed by atoms with Crippen molar-refractivity contribution in [3.8, 4) is 0 Å². The smallest absolute Gasteiger partial charge is 0.234 e. The lowest BCUT2D eigenvalue weighted by molar-refractivity contribution is -0.123. The van der Waals surface area contributed by atoms with Crippen LogP contribution in [0.5, 0.6) is 0 Å². The zero-order valence-corrected chi connectivity index (χ0v) is 12.1. The first kappa shape index (κ1) is 13.6. The minimum absolute atomic E-state index is 0.189. The summed E-state index contributed by atoms with van der Waals surface area (Å²) >= 11 is 0. The zero-order chi connectivity index (χ0) is 13.8. The summed E-state index contributed by atoms with van der Waals surface area (Å²) in [6, 6.07) is 8.75. The molecule has 0 saturated carbocycles.